The minimum absolute atomic E-state index is 0.0931. The molecule has 2 heterocycles. The third-order valence-corrected chi connectivity index (χ3v) is 7.48. The lowest BCUT2D eigenvalue weighted by molar-refractivity contribution is 0.0740. The van der Waals surface area contributed by atoms with Crippen LogP contribution in [-0.4, -0.2) is 59.5 Å². The Morgan fingerprint density at radius 1 is 0.974 bits per heavy atom. The van der Waals surface area contributed by atoms with Crippen molar-refractivity contribution in [3.63, 3.8) is 0 Å². The second kappa shape index (κ2) is 13.1. The molecule has 8 nitrogen and oxygen atoms in total. The van der Waals surface area contributed by atoms with Gasteiger partial charge >= 0.3 is 0 Å². The van der Waals surface area contributed by atoms with E-state index in [4.69, 9.17) is 4.98 Å². The Morgan fingerprint density at radius 3 is 2.18 bits per heavy atom. The number of aromatic nitrogens is 2. The standard InChI is InChI=1S/C31H44N6O2/c1-21(2)14-18-36(19-15-22(3)4)30(39)24-8-11-27-28(20-24)37(26-12-16-33-17-13-26)31(35-27)34-25-9-6-23(7-10-25)29(38)32-5/h6-11,20-22,26,33H,12-19H2,1-5H3,(H,32,38)(H,34,35). The molecule has 3 N–H and O–H groups in total. The predicted octanol–water partition coefficient (Wildman–Crippen LogP) is 5.60. The fraction of sp³-hybridized carbons (Fsp3) is 0.516. The van der Waals surface area contributed by atoms with Crippen molar-refractivity contribution in [2.75, 3.05) is 38.5 Å². The normalized spacial score (nSPS) is 14.2. The molecular weight excluding hydrogens is 488 g/mol. The minimum Gasteiger partial charge on any atom is -0.355 e. The molecule has 0 atom stereocenters. The van der Waals surface area contributed by atoms with Crippen LogP contribution in [0.15, 0.2) is 42.5 Å². The van der Waals surface area contributed by atoms with E-state index in [1.807, 2.05) is 35.2 Å². The second-order valence-electron chi connectivity index (χ2n) is 11.4. The van der Waals surface area contributed by atoms with Crippen LogP contribution in [0.3, 0.4) is 0 Å². The molecule has 0 spiro atoms. The molecule has 1 aliphatic heterocycles. The fourth-order valence-electron chi connectivity index (χ4n) is 5.05. The Hall–Kier alpha value is -3.39. The van der Waals surface area contributed by atoms with E-state index in [2.05, 4.69) is 48.2 Å². The Labute approximate surface area is 232 Å². The summed E-state index contributed by atoms with van der Waals surface area (Å²) in [6.07, 6.45) is 3.96. The van der Waals surface area contributed by atoms with Crippen molar-refractivity contribution in [1.82, 2.24) is 25.1 Å². The number of rotatable bonds is 11. The maximum Gasteiger partial charge on any atom is 0.253 e. The first kappa shape index (κ1) is 28.6. The fourth-order valence-corrected chi connectivity index (χ4v) is 5.05. The van der Waals surface area contributed by atoms with E-state index in [0.29, 0.717) is 23.0 Å². The zero-order valence-electron chi connectivity index (χ0n) is 24.1. The van der Waals surface area contributed by atoms with Crippen LogP contribution < -0.4 is 16.0 Å². The number of piperidine rings is 1. The van der Waals surface area contributed by atoms with E-state index in [-0.39, 0.29) is 17.9 Å². The van der Waals surface area contributed by atoms with Gasteiger partial charge in [0.25, 0.3) is 11.8 Å². The topological polar surface area (TPSA) is 91.3 Å². The number of nitrogens with zero attached hydrogens (tertiary/aromatic N) is 3. The van der Waals surface area contributed by atoms with Gasteiger partial charge in [0.2, 0.25) is 5.95 Å². The number of nitrogens with one attached hydrogen (secondary N) is 3. The van der Waals surface area contributed by atoms with Crippen LogP contribution in [0.1, 0.15) is 80.1 Å². The molecule has 1 aromatic heterocycles. The van der Waals surface area contributed by atoms with Gasteiger partial charge in [0.05, 0.1) is 11.0 Å². The van der Waals surface area contributed by atoms with Gasteiger partial charge < -0.3 is 25.4 Å². The average Bonchev–Trinajstić information content (AvgIpc) is 3.29. The third-order valence-electron chi connectivity index (χ3n) is 7.48. The number of carbonyl (C=O) groups is 2. The van der Waals surface area contributed by atoms with E-state index < -0.39 is 0 Å². The summed E-state index contributed by atoms with van der Waals surface area (Å²) in [5.41, 5.74) is 4.03. The summed E-state index contributed by atoms with van der Waals surface area (Å²) in [7, 11) is 1.63. The van der Waals surface area contributed by atoms with Crippen LogP contribution in [0, 0.1) is 11.8 Å². The lowest BCUT2D eigenvalue weighted by Gasteiger charge is -2.27. The van der Waals surface area contributed by atoms with Crippen LogP contribution in [-0.2, 0) is 0 Å². The first-order valence-electron chi connectivity index (χ1n) is 14.4. The zero-order chi connectivity index (χ0) is 27.9. The number of fused-ring (bicyclic) bond motifs is 1. The average molecular weight is 533 g/mol. The molecule has 0 aliphatic carbocycles. The molecule has 1 fully saturated rings. The van der Waals surface area contributed by atoms with E-state index in [0.717, 1.165) is 74.5 Å². The summed E-state index contributed by atoms with van der Waals surface area (Å²) < 4.78 is 2.27. The number of hydrogen-bond acceptors (Lipinski definition) is 5. The summed E-state index contributed by atoms with van der Waals surface area (Å²) in [6, 6.07) is 13.6. The van der Waals surface area contributed by atoms with E-state index in [9.17, 15) is 9.59 Å². The minimum atomic E-state index is -0.114. The lowest BCUT2D eigenvalue weighted by atomic mass is 10.1. The van der Waals surface area contributed by atoms with Gasteiger partial charge in [-0.15, -0.1) is 0 Å². The molecule has 0 bridgehead atoms. The number of hydrogen-bond donors (Lipinski definition) is 3. The van der Waals surface area contributed by atoms with Crippen molar-refractivity contribution < 1.29 is 9.59 Å². The van der Waals surface area contributed by atoms with Crippen molar-refractivity contribution in [3.05, 3.63) is 53.6 Å². The summed E-state index contributed by atoms with van der Waals surface area (Å²) in [5.74, 6) is 1.82. The zero-order valence-corrected chi connectivity index (χ0v) is 24.1. The van der Waals surface area contributed by atoms with Gasteiger partial charge in [-0.1, -0.05) is 27.7 Å². The molecule has 1 saturated heterocycles. The van der Waals surface area contributed by atoms with Crippen LogP contribution in [0.5, 0.6) is 0 Å². The summed E-state index contributed by atoms with van der Waals surface area (Å²) in [6.45, 7) is 12.2. The van der Waals surface area contributed by atoms with Crippen molar-refractivity contribution in [2.24, 2.45) is 11.8 Å². The molecule has 3 aromatic rings. The highest BCUT2D eigenvalue weighted by Gasteiger charge is 2.24. The number of benzene rings is 2. The lowest BCUT2D eigenvalue weighted by Crippen LogP contribution is -2.34. The molecule has 210 valence electrons. The van der Waals surface area contributed by atoms with Gasteiger partial charge in [0.1, 0.15) is 0 Å². The molecule has 2 amide bonds. The largest absolute Gasteiger partial charge is 0.355 e. The predicted molar refractivity (Wildman–Crippen MR) is 159 cm³/mol. The molecule has 8 heteroatoms. The van der Waals surface area contributed by atoms with Gasteiger partial charge in [-0.3, -0.25) is 9.59 Å². The molecule has 39 heavy (non-hydrogen) atoms. The first-order valence-corrected chi connectivity index (χ1v) is 14.4. The summed E-state index contributed by atoms with van der Waals surface area (Å²) in [4.78, 5) is 32.7. The van der Waals surface area contributed by atoms with Gasteiger partial charge in [0, 0.05) is 43.0 Å². The monoisotopic (exact) mass is 532 g/mol. The Balaban J connectivity index is 1.68. The van der Waals surface area contributed by atoms with E-state index in [1.165, 1.54) is 0 Å². The number of imidazole rings is 1. The second-order valence-corrected chi connectivity index (χ2v) is 11.4. The smallest absolute Gasteiger partial charge is 0.253 e. The highest BCUT2D eigenvalue weighted by molar-refractivity contribution is 5.98. The maximum absolute atomic E-state index is 13.7. The Morgan fingerprint density at radius 2 is 1.59 bits per heavy atom. The Kier molecular flexibility index (Phi) is 9.62. The van der Waals surface area contributed by atoms with Gasteiger partial charge in [-0.2, -0.15) is 0 Å². The first-order chi connectivity index (χ1) is 18.8. The van der Waals surface area contributed by atoms with Crippen LogP contribution >= 0.6 is 0 Å². The summed E-state index contributed by atoms with van der Waals surface area (Å²) in [5, 5.41) is 9.60. The SMILES string of the molecule is CNC(=O)c1ccc(Nc2nc3ccc(C(=O)N(CCC(C)C)CCC(C)C)cc3n2C2CCNCC2)cc1. The van der Waals surface area contributed by atoms with Crippen molar-refractivity contribution in [2.45, 2.75) is 59.4 Å². The summed E-state index contributed by atoms with van der Waals surface area (Å²) >= 11 is 0. The molecule has 0 radical (unpaired) electrons. The van der Waals surface area contributed by atoms with E-state index in [1.54, 1.807) is 19.2 Å². The quantitative estimate of drug-likeness (QED) is 0.299. The van der Waals surface area contributed by atoms with Crippen LogP contribution in [0.4, 0.5) is 11.6 Å². The van der Waals surface area contributed by atoms with Gasteiger partial charge in [0.15, 0.2) is 0 Å². The van der Waals surface area contributed by atoms with Crippen molar-refractivity contribution in [3.8, 4) is 0 Å². The van der Waals surface area contributed by atoms with Gasteiger partial charge in [-0.25, -0.2) is 4.98 Å². The molecule has 0 saturated carbocycles. The number of carbonyl (C=O) groups excluding carboxylic acids is 2. The number of amides is 2. The third kappa shape index (κ3) is 7.18. The molecule has 0 unspecified atom stereocenters. The highest BCUT2D eigenvalue weighted by Crippen LogP contribution is 2.32. The van der Waals surface area contributed by atoms with E-state index >= 15 is 0 Å². The van der Waals surface area contributed by atoms with Crippen molar-refractivity contribution >= 4 is 34.5 Å². The molecular formula is C31H44N6O2. The maximum atomic E-state index is 13.7. The van der Waals surface area contributed by atoms with Crippen LogP contribution in [0.2, 0.25) is 0 Å². The van der Waals surface area contributed by atoms with Gasteiger partial charge in [-0.05, 0) is 93.1 Å². The van der Waals surface area contributed by atoms with Crippen molar-refractivity contribution in [1.29, 1.82) is 0 Å². The molecule has 4 rings (SSSR count). The highest BCUT2D eigenvalue weighted by atomic mass is 16.2. The molecule has 2 aromatic carbocycles. The number of anilines is 2. The Bertz CT molecular complexity index is 1250. The van der Waals surface area contributed by atoms with Crippen LogP contribution in [0.25, 0.3) is 11.0 Å². The molecule has 1 aliphatic rings.